The normalized spacial score (nSPS) is 11.8. The number of benzene rings is 2. The Hall–Kier alpha value is -2.62. The number of hydrogen-bond acceptors (Lipinski definition) is 3. The van der Waals surface area contributed by atoms with Gasteiger partial charge in [0.1, 0.15) is 5.75 Å². The molecule has 0 atom stereocenters. The first kappa shape index (κ1) is 21.7. The van der Waals surface area contributed by atoms with Crippen LogP contribution in [0.5, 0.6) is 5.75 Å². The van der Waals surface area contributed by atoms with Gasteiger partial charge in [-0.2, -0.15) is 0 Å². The lowest BCUT2D eigenvalue weighted by Gasteiger charge is -2.33. The molecular formula is C24H31NO3. The maximum absolute atomic E-state index is 12.1. The number of rotatable bonds is 7. The van der Waals surface area contributed by atoms with Crippen LogP contribution in [0.1, 0.15) is 63.9 Å². The highest BCUT2D eigenvalue weighted by atomic mass is 16.5. The topological polar surface area (TPSA) is 55.4 Å². The van der Waals surface area contributed by atoms with Crippen LogP contribution in [0.4, 0.5) is 5.69 Å². The van der Waals surface area contributed by atoms with Crippen LogP contribution in [-0.2, 0) is 10.2 Å². The molecular weight excluding hydrogens is 350 g/mol. The van der Waals surface area contributed by atoms with Crippen molar-refractivity contribution in [1.29, 1.82) is 0 Å². The zero-order valence-corrected chi connectivity index (χ0v) is 17.8. The first-order chi connectivity index (χ1) is 13.0. The highest BCUT2D eigenvalue weighted by molar-refractivity contribution is 5.97. The molecule has 1 N–H and O–H groups in total. The van der Waals surface area contributed by atoms with E-state index in [9.17, 15) is 9.59 Å². The summed E-state index contributed by atoms with van der Waals surface area (Å²) in [5, 5.41) is 2.75. The first-order valence-corrected chi connectivity index (χ1v) is 9.60. The van der Waals surface area contributed by atoms with E-state index in [0.29, 0.717) is 17.0 Å². The predicted molar refractivity (Wildman–Crippen MR) is 114 cm³/mol. The van der Waals surface area contributed by atoms with Gasteiger partial charge in [-0.15, -0.1) is 0 Å². The summed E-state index contributed by atoms with van der Waals surface area (Å²) in [6.45, 7) is 12.6. The van der Waals surface area contributed by atoms with E-state index in [2.05, 4.69) is 52.1 Å². The van der Waals surface area contributed by atoms with E-state index in [4.69, 9.17) is 4.74 Å². The monoisotopic (exact) mass is 381 g/mol. The largest absolute Gasteiger partial charge is 0.484 e. The molecule has 0 spiro atoms. The highest BCUT2D eigenvalue weighted by Gasteiger charge is 2.27. The summed E-state index contributed by atoms with van der Waals surface area (Å²) in [6, 6.07) is 14.8. The van der Waals surface area contributed by atoms with E-state index >= 15 is 0 Å². The number of carbonyl (C=O) groups excluding carboxylic acids is 2. The molecule has 0 saturated carbocycles. The lowest BCUT2D eigenvalue weighted by Crippen LogP contribution is -2.24. The van der Waals surface area contributed by atoms with Gasteiger partial charge in [-0.1, -0.05) is 58.9 Å². The smallest absolute Gasteiger partial charge is 0.262 e. The van der Waals surface area contributed by atoms with Crippen LogP contribution < -0.4 is 10.1 Å². The third kappa shape index (κ3) is 6.52. The van der Waals surface area contributed by atoms with Crippen molar-refractivity contribution in [2.45, 2.75) is 53.4 Å². The van der Waals surface area contributed by atoms with Crippen molar-refractivity contribution in [2.24, 2.45) is 5.41 Å². The van der Waals surface area contributed by atoms with Crippen molar-refractivity contribution in [3.05, 3.63) is 59.7 Å². The number of carbonyl (C=O) groups is 2. The van der Waals surface area contributed by atoms with E-state index < -0.39 is 0 Å². The average Bonchev–Trinajstić information content (AvgIpc) is 2.58. The van der Waals surface area contributed by atoms with Crippen molar-refractivity contribution in [2.75, 3.05) is 11.9 Å². The van der Waals surface area contributed by atoms with Gasteiger partial charge in [0.05, 0.1) is 0 Å². The maximum atomic E-state index is 12.1. The van der Waals surface area contributed by atoms with Gasteiger partial charge in [-0.25, -0.2) is 0 Å². The van der Waals surface area contributed by atoms with E-state index in [1.807, 2.05) is 12.1 Å². The minimum Gasteiger partial charge on any atom is -0.484 e. The van der Waals surface area contributed by atoms with Crippen LogP contribution in [-0.4, -0.2) is 18.3 Å². The summed E-state index contributed by atoms with van der Waals surface area (Å²) in [5.74, 6) is 0.350. The minimum atomic E-state index is -0.266. The Morgan fingerprint density at radius 2 is 1.61 bits per heavy atom. The third-order valence-electron chi connectivity index (χ3n) is 4.53. The second kappa shape index (κ2) is 8.59. The number of hydrogen-bond donors (Lipinski definition) is 1. The Bertz CT molecular complexity index is 830. The van der Waals surface area contributed by atoms with Crippen LogP contribution in [0.15, 0.2) is 48.5 Å². The molecule has 2 rings (SSSR count). The maximum Gasteiger partial charge on any atom is 0.262 e. The molecule has 0 radical (unpaired) electrons. The van der Waals surface area contributed by atoms with E-state index in [1.54, 1.807) is 24.3 Å². The zero-order chi connectivity index (χ0) is 20.9. The fourth-order valence-corrected chi connectivity index (χ4v) is 3.59. The van der Waals surface area contributed by atoms with Crippen molar-refractivity contribution in [3.63, 3.8) is 0 Å². The molecule has 2 aromatic carbocycles. The lowest BCUT2D eigenvalue weighted by atomic mass is 9.72. The van der Waals surface area contributed by atoms with Crippen molar-refractivity contribution < 1.29 is 14.3 Å². The quantitative estimate of drug-likeness (QED) is 0.633. The van der Waals surface area contributed by atoms with Gasteiger partial charge in [0.25, 0.3) is 5.91 Å². The Balaban J connectivity index is 1.93. The Morgan fingerprint density at radius 3 is 2.18 bits per heavy atom. The predicted octanol–water partition coefficient (Wildman–Crippen LogP) is 5.62. The Morgan fingerprint density at radius 1 is 0.964 bits per heavy atom. The molecule has 1 amide bonds. The number of ketones is 1. The standard InChI is InChI=1S/C24H31NO3/c1-17(26)18-8-7-9-20(14-18)25-22(27)15-28-21-12-10-19(11-13-21)24(5,6)16-23(2,3)4/h7-14H,15-16H2,1-6H3,(H,25,27). The summed E-state index contributed by atoms with van der Waals surface area (Å²) in [4.78, 5) is 23.6. The van der Waals surface area contributed by atoms with Gasteiger partial charge in [-0.05, 0) is 54.0 Å². The summed E-state index contributed by atoms with van der Waals surface area (Å²) >= 11 is 0. The van der Waals surface area contributed by atoms with Gasteiger partial charge in [0, 0.05) is 11.3 Å². The zero-order valence-electron chi connectivity index (χ0n) is 17.8. The molecule has 0 saturated heterocycles. The molecule has 0 aliphatic heterocycles. The van der Waals surface area contributed by atoms with Crippen molar-refractivity contribution in [3.8, 4) is 5.75 Å². The van der Waals surface area contributed by atoms with Crippen molar-refractivity contribution in [1.82, 2.24) is 0 Å². The van der Waals surface area contributed by atoms with E-state index in [1.165, 1.54) is 12.5 Å². The molecule has 150 valence electrons. The number of nitrogens with one attached hydrogen (secondary N) is 1. The molecule has 0 unspecified atom stereocenters. The van der Waals surface area contributed by atoms with E-state index in [0.717, 1.165) is 6.42 Å². The van der Waals surface area contributed by atoms with Crippen LogP contribution in [0.2, 0.25) is 0 Å². The van der Waals surface area contributed by atoms with Gasteiger partial charge in [0.15, 0.2) is 12.4 Å². The van der Waals surface area contributed by atoms with Gasteiger partial charge in [0.2, 0.25) is 0 Å². The summed E-state index contributed by atoms with van der Waals surface area (Å²) in [5.41, 5.74) is 2.71. The Kier molecular flexibility index (Phi) is 6.65. The molecule has 0 aliphatic rings. The van der Waals surface area contributed by atoms with Crippen LogP contribution in [0.3, 0.4) is 0 Å². The van der Waals surface area contributed by atoms with Crippen LogP contribution in [0, 0.1) is 5.41 Å². The molecule has 28 heavy (non-hydrogen) atoms. The van der Waals surface area contributed by atoms with Gasteiger partial charge >= 0.3 is 0 Å². The molecule has 0 aliphatic carbocycles. The van der Waals surface area contributed by atoms with Crippen LogP contribution >= 0.6 is 0 Å². The second-order valence-corrected chi connectivity index (χ2v) is 9.12. The molecule has 0 fully saturated rings. The molecule has 2 aromatic rings. The minimum absolute atomic E-state index is 0.0400. The summed E-state index contributed by atoms with van der Waals surface area (Å²) in [6.07, 6.45) is 1.07. The average molecular weight is 382 g/mol. The first-order valence-electron chi connectivity index (χ1n) is 9.60. The highest BCUT2D eigenvalue weighted by Crippen LogP contribution is 2.36. The summed E-state index contributed by atoms with van der Waals surface area (Å²) < 4.78 is 5.61. The molecule has 4 heteroatoms. The van der Waals surface area contributed by atoms with Crippen LogP contribution in [0.25, 0.3) is 0 Å². The molecule has 0 aromatic heterocycles. The fourth-order valence-electron chi connectivity index (χ4n) is 3.59. The number of amides is 1. The Labute approximate surface area is 168 Å². The molecule has 0 bridgehead atoms. The fraction of sp³-hybridized carbons (Fsp3) is 0.417. The van der Waals surface area contributed by atoms with Gasteiger partial charge < -0.3 is 10.1 Å². The number of Topliss-reactive ketones (excluding diaryl/α,β-unsaturated/α-hetero) is 1. The second-order valence-electron chi connectivity index (χ2n) is 9.12. The number of ether oxygens (including phenoxy) is 1. The lowest BCUT2D eigenvalue weighted by molar-refractivity contribution is -0.118. The molecule has 0 heterocycles. The third-order valence-corrected chi connectivity index (χ3v) is 4.53. The molecule has 4 nitrogen and oxygen atoms in total. The number of anilines is 1. The summed E-state index contributed by atoms with van der Waals surface area (Å²) in [7, 11) is 0. The SMILES string of the molecule is CC(=O)c1cccc(NC(=O)COc2ccc(C(C)(C)CC(C)(C)C)cc2)c1. The van der Waals surface area contributed by atoms with E-state index in [-0.39, 0.29) is 29.1 Å². The van der Waals surface area contributed by atoms with Gasteiger partial charge in [-0.3, -0.25) is 9.59 Å². The van der Waals surface area contributed by atoms with Crippen molar-refractivity contribution >= 4 is 17.4 Å².